The minimum atomic E-state index is -0.257. The highest BCUT2D eigenvalue weighted by atomic mass is 16.2. The molecule has 2 heterocycles. The van der Waals surface area contributed by atoms with E-state index >= 15 is 0 Å². The number of aryl methyl sites for hydroxylation is 1. The zero-order valence-electron chi connectivity index (χ0n) is 17.0. The molecule has 0 saturated heterocycles. The normalized spacial score (nSPS) is 14.4. The molecule has 0 radical (unpaired) electrons. The second-order valence-electron chi connectivity index (χ2n) is 7.78. The fourth-order valence-electron chi connectivity index (χ4n) is 3.62. The van der Waals surface area contributed by atoms with E-state index in [-0.39, 0.29) is 17.4 Å². The van der Waals surface area contributed by atoms with Gasteiger partial charge in [0, 0.05) is 31.9 Å². The Morgan fingerprint density at radius 1 is 1.10 bits per heavy atom. The average molecular weight is 387 g/mol. The first-order valence-corrected chi connectivity index (χ1v) is 9.96. The Morgan fingerprint density at radius 2 is 1.83 bits per heavy atom. The van der Waals surface area contributed by atoms with Gasteiger partial charge in [-0.15, -0.1) is 0 Å². The summed E-state index contributed by atoms with van der Waals surface area (Å²) in [7, 11) is 3.51. The van der Waals surface area contributed by atoms with E-state index in [0.29, 0.717) is 11.7 Å². The molecule has 4 rings (SSSR count). The van der Waals surface area contributed by atoms with Crippen molar-refractivity contribution in [2.75, 3.05) is 11.9 Å². The molecule has 1 aliphatic carbocycles. The maximum atomic E-state index is 13.1. The van der Waals surface area contributed by atoms with Crippen LogP contribution in [-0.4, -0.2) is 22.5 Å². The van der Waals surface area contributed by atoms with Crippen molar-refractivity contribution >= 4 is 11.7 Å². The molecular weight excluding hydrogens is 362 g/mol. The van der Waals surface area contributed by atoms with E-state index < -0.39 is 0 Å². The number of hydrogen-bond donors (Lipinski definition) is 0. The summed E-state index contributed by atoms with van der Waals surface area (Å²) in [5.41, 5.74) is 3.86. The lowest BCUT2D eigenvalue weighted by molar-refractivity contribution is -0.119. The summed E-state index contributed by atoms with van der Waals surface area (Å²) in [6.45, 7) is 1.92. The average Bonchev–Trinajstić information content (AvgIpc) is 3.59. The topological polar surface area (TPSA) is 55.2 Å². The number of amides is 1. The highest BCUT2D eigenvalue weighted by Gasteiger charge is 2.29. The van der Waals surface area contributed by atoms with Crippen LogP contribution >= 0.6 is 0 Å². The SMILES string of the molecule is C[C@@H](C(=O)N(C)c1ccc(C2CC2)c(-c2ccc(=O)n(C)c2)n1)c1ccccc1. The van der Waals surface area contributed by atoms with Crippen molar-refractivity contribution < 1.29 is 4.79 Å². The first-order chi connectivity index (χ1) is 14.0. The number of anilines is 1. The van der Waals surface area contributed by atoms with E-state index in [1.807, 2.05) is 55.6 Å². The lowest BCUT2D eigenvalue weighted by atomic mass is 10.00. The standard InChI is InChI=1S/C24H25N3O2/c1-16(17-7-5-4-6-8-17)24(29)27(3)21-13-12-20(18-9-10-18)23(25-21)19-11-14-22(28)26(2)15-19/h4-8,11-16,18H,9-10H2,1-3H3/t16-/m1/s1. The number of carbonyl (C=O) groups excluding carboxylic acids is 1. The molecule has 0 aliphatic heterocycles. The molecule has 1 amide bonds. The molecule has 0 N–H and O–H groups in total. The second kappa shape index (κ2) is 7.66. The summed E-state index contributed by atoms with van der Waals surface area (Å²) in [4.78, 5) is 31.3. The van der Waals surface area contributed by atoms with Crippen LogP contribution in [0.4, 0.5) is 5.82 Å². The summed E-state index contributed by atoms with van der Waals surface area (Å²) in [5, 5.41) is 0. The predicted molar refractivity (Wildman–Crippen MR) is 115 cm³/mol. The van der Waals surface area contributed by atoms with Gasteiger partial charge in [-0.1, -0.05) is 36.4 Å². The smallest absolute Gasteiger partial charge is 0.250 e. The van der Waals surface area contributed by atoms with Crippen molar-refractivity contribution in [1.82, 2.24) is 9.55 Å². The van der Waals surface area contributed by atoms with Gasteiger partial charge in [0.1, 0.15) is 5.82 Å². The number of likely N-dealkylation sites (N-methyl/N-ethyl adjacent to an activating group) is 1. The van der Waals surface area contributed by atoms with Crippen molar-refractivity contribution in [1.29, 1.82) is 0 Å². The van der Waals surface area contributed by atoms with Crippen molar-refractivity contribution in [2.45, 2.75) is 31.6 Å². The van der Waals surface area contributed by atoms with Crippen molar-refractivity contribution in [2.24, 2.45) is 7.05 Å². The maximum Gasteiger partial charge on any atom is 0.250 e. The molecule has 0 spiro atoms. The van der Waals surface area contributed by atoms with Crippen LogP contribution in [0.5, 0.6) is 0 Å². The Labute approximate surface area is 170 Å². The van der Waals surface area contributed by atoms with Gasteiger partial charge >= 0.3 is 0 Å². The molecule has 1 aromatic carbocycles. The molecule has 1 saturated carbocycles. The van der Waals surface area contributed by atoms with Gasteiger partial charge in [0.15, 0.2) is 0 Å². The zero-order valence-corrected chi connectivity index (χ0v) is 17.0. The molecule has 0 unspecified atom stereocenters. The monoisotopic (exact) mass is 387 g/mol. The highest BCUT2D eigenvalue weighted by Crippen LogP contribution is 2.44. The minimum absolute atomic E-state index is 0.00529. The Kier molecular flexibility index (Phi) is 5.05. The largest absolute Gasteiger partial charge is 0.318 e. The van der Waals surface area contributed by atoms with E-state index in [4.69, 9.17) is 4.98 Å². The fourth-order valence-corrected chi connectivity index (χ4v) is 3.62. The number of hydrogen-bond acceptors (Lipinski definition) is 3. The third-order valence-corrected chi connectivity index (χ3v) is 5.63. The van der Waals surface area contributed by atoms with Gasteiger partial charge in [-0.05, 0) is 48.9 Å². The van der Waals surface area contributed by atoms with Crippen LogP contribution < -0.4 is 10.5 Å². The third-order valence-electron chi connectivity index (χ3n) is 5.63. The van der Waals surface area contributed by atoms with Gasteiger partial charge in [0.05, 0.1) is 11.6 Å². The molecule has 5 nitrogen and oxygen atoms in total. The van der Waals surface area contributed by atoms with Crippen LogP contribution in [0.1, 0.15) is 42.7 Å². The molecule has 3 aromatic rings. The third kappa shape index (κ3) is 3.86. The minimum Gasteiger partial charge on any atom is -0.318 e. The van der Waals surface area contributed by atoms with Crippen LogP contribution in [0.25, 0.3) is 11.3 Å². The van der Waals surface area contributed by atoms with E-state index in [1.54, 1.807) is 29.6 Å². The number of pyridine rings is 2. The van der Waals surface area contributed by atoms with Crippen molar-refractivity contribution in [3.05, 3.63) is 82.3 Å². The van der Waals surface area contributed by atoms with Crippen LogP contribution in [0.3, 0.4) is 0 Å². The fraction of sp³-hybridized carbons (Fsp3) is 0.292. The van der Waals surface area contributed by atoms with Gasteiger partial charge < -0.3 is 4.57 Å². The number of carbonyl (C=O) groups is 1. The molecule has 29 heavy (non-hydrogen) atoms. The van der Waals surface area contributed by atoms with Crippen LogP contribution in [0.15, 0.2) is 65.6 Å². The van der Waals surface area contributed by atoms with E-state index in [1.165, 1.54) is 5.56 Å². The summed E-state index contributed by atoms with van der Waals surface area (Å²) in [5.74, 6) is 0.862. The lowest BCUT2D eigenvalue weighted by Crippen LogP contribution is -2.31. The molecule has 1 aliphatic rings. The summed E-state index contributed by atoms with van der Waals surface area (Å²) in [6, 6.07) is 17.2. The second-order valence-corrected chi connectivity index (χ2v) is 7.78. The molecule has 5 heteroatoms. The van der Waals surface area contributed by atoms with Crippen LogP contribution in [0, 0.1) is 0 Å². The van der Waals surface area contributed by atoms with Crippen molar-refractivity contribution in [3.8, 4) is 11.3 Å². The Balaban J connectivity index is 1.70. The van der Waals surface area contributed by atoms with Crippen LogP contribution in [-0.2, 0) is 11.8 Å². The molecule has 1 fully saturated rings. The zero-order chi connectivity index (χ0) is 20.5. The van der Waals surface area contributed by atoms with Gasteiger partial charge in [0.2, 0.25) is 11.5 Å². The van der Waals surface area contributed by atoms with E-state index in [2.05, 4.69) is 6.07 Å². The number of nitrogens with zero attached hydrogens (tertiary/aromatic N) is 3. The van der Waals surface area contributed by atoms with Crippen molar-refractivity contribution in [3.63, 3.8) is 0 Å². The molecule has 2 aromatic heterocycles. The summed E-state index contributed by atoms with van der Waals surface area (Å²) in [6.07, 6.45) is 4.12. The lowest BCUT2D eigenvalue weighted by Gasteiger charge is -2.22. The first kappa shape index (κ1) is 19.1. The number of benzene rings is 1. The summed E-state index contributed by atoms with van der Waals surface area (Å²) >= 11 is 0. The van der Waals surface area contributed by atoms with Gasteiger partial charge in [-0.3, -0.25) is 14.5 Å². The number of rotatable bonds is 5. The van der Waals surface area contributed by atoms with Gasteiger partial charge in [-0.2, -0.15) is 0 Å². The Bertz CT molecular complexity index is 1100. The van der Waals surface area contributed by atoms with E-state index in [0.717, 1.165) is 29.7 Å². The van der Waals surface area contributed by atoms with Gasteiger partial charge in [-0.25, -0.2) is 4.98 Å². The Morgan fingerprint density at radius 3 is 2.48 bits per heavy atom. The number of aromatic nitrogens is 2. The summed E-state index contributed by atoms with van der Waals surface area (Å²) < 4.78 is 1.56. The van der Waals surface area contributed by atoms with Gasteiger partial charge in [0.25, 0.3) is 0 Å². The molecular formula is C24H25N3O2. The predicted octanol–water partition coefficient (Wildman–Crippen LogP) is 4.09. The molecule has 1 atom stereocenters. The molecule has 0 bridgehead atoms. The quantitative estimate of drug-likeness (QED) is 0.663. The first-order valence-electron chi connectivity index (χ1n) is 9.96. The maximum absolute atomic E-state index is 13.1. The van der Waals surface area contributed by atoms with E-state index in [9.17, 15) is 9.59 Å². The molecule has 148 valence electrons. The van der Waals surface area contributed by atoms with Crippen LogP contribution in [0.2, 0.25) is 0 Å². The Hall–Kier alpha value is -3.21. The highest BCUT2D eigenvalue weighted by molar-refractivity contribution is 5.96.